The topological polar surface area (TPSA) is 88.2 Å². The fraction of sp³-hybridized carbons (Fsp3) is 0.100. The maximum atomic E-state index is 14.3. The van der Waals surface area contributed by atoms with E-state index in [1.165, 1.54) is 36.4 Å². The number of nitrogens with zero attached hydrogens (tertiary/aromatic N) is 1. The minimum absolute atomic E-state index is 0.0561. The monoisotopic (exact) mass is 433 g/mol. The molecule has 0 unspecified atom stereocenters. The molecule has 0 spiro atoms. The highest BCUT2D eigenvalue weighted by Crippen LogP contribution is 2.31. The van der Waals surface area contributed by atoms with E-state index in [0.717, 1.165) is 5.56 Å². The first kappa shape index (κ1) is 20.9. The van der Waals surface area contributed by atoms with Crippen LogP contribution in [0.15, 0.2) is 71.9 Å². The second-order valence-corrected chi connectivity index (χ2v) is 8.25. The van der Waals surface area contributed by atoms with Gasteiger partial charge in [0.1, 0.15) is 5.82 Å². The first-order chi connectivity index (χ1) is 13.9. The molecular formula is C20H17ClFN3O3S. The lowest BCUT2D eigenvalue weighted by atomic mass is 10.1. The Morgan fingerprint density at radius 2 is 1.76 bits per heavy atom. The van der Waals surface area contributed by atoms with Crippen LogP contribution in [0.1, 0.15) is 5.56 Å². The van der Waals surface area contributed by atoms with E-state index in [4.69, 9.17) is 11.6 Å². The molecule has 2 N–H and O–H groups in total. The first-order valence-electron chi connectivity index (χ1n) is 8.56. The number of aromatic nitrogens is 1. The summed E-state index contributed by atoms with van der Waals surface area (Å²) in [7, 11) is -4.08. The summed E-state index contributed by atoms with van der Waals surface area (Å²) >= 11 is 5.93. The quantitative estimate of drug-likeness (QED) is 0.599. The molecular weight excluding hydrogens is 417 g/mol. The predicted molar refractivity (Wildman–Crippen MR) is 108 cm³/mol. The van der Waals surface area contributed by atoms with Crippen molar-refractivity contribution in [2.75, 3.05) is 6.54 Å². The van der Waals surface area contributed by atoms with Crippen molar-refractivity contribution in [1.82, 2.24) is 15.0 Å². The zero-order valence-electron chi connectivity index (χ0n) is 15.1. The van der Waals surface area contributed by atoms with Gasteiger partial charge in [0.05, 0.1) is 11.4 Å². The van der Waals surface area contributed by atoms with Gasteiger partial charge >= 0.3 is 0 Å². The van der Waals surface area contributed by atoms with Crippen molar-refractivity contribution < 1.29 is 17.6 Å². The molecule has 1 heterocycles. The van der Waals surface area contributed by atoms with Crippen molar-refractivity contribution in [2.24, 2.45) is 0 Å². The summed E-state index contributed by atoms with van der Waals surface area (Å²) in [6.45, 7) is -0.215. The van der Waals surface area contributed by atoms with E-state index in [1.54, 1.807) is 30.6 Å². The number of amides is 1. The molecule has 6 nitrogen and oxygen atoms in total. The van der Waals surface area contributed by atoms with Crippen molar-refractivity contribution in [2.45, 2.75) is 11.4 Å². The van der Waals surface area contributed by atoms with E-state index in [2.05, 4.69) is 15.0 Å². The largest absolute Gasteiger partial charge is 0.351 e. The molecule has 0 saturated heterocycles. The van der Waals surface area contributed by atoms with Crippen LogP contribution in [0.2, 0.25) is 5.02 Å². The maximum absolute atomic E-state index is 14.3. The van der Waals surface area contributed by atoms with Crippen molar-refractivity contribution in [3.63, 3.8) is 0 Å². The van der Waals surface area contributed by atoms with Gasteiger partial charge < -0.3 is 5.32 Å². The Morgan fingerprint density at radius 3 is 2.52 bits per heavy atom. The molecule has 3 rings (SSSR count). The zero-order chi connectivity index (χ0) is 20.9. The van der Waals surface area contributed by atoms with Gasteiger partial charge in [0.25, 0.3) is 0 Å². The van der Waals surface area contributed by atoms with E-state index < -0.39 is 28.3 Å². The van der Waals surface area contributed by atoms with Crippen LogP contribution in [0.4, 0.5) is 4.39 Å². The van der Waals surface area contributed by atoms with E-state index >= 15 is 0 Å². The molecule has 0 saturated carbocycles. The van der Waals surface area contributed by atoms with Crippen LogP contribution in [0, 0.1) is 5.82 Å². The van der Waals surface area contributed by atoms with E-state index in [9.17, 15) is 17.6 Å². The lowest BCUT2D eigenvalue weighted by Crippen LogP contribution is -2.36. The van der Waals surface area contributed by atoms with Crippen molar-refractivity contribution in [1.29, 1.82) is 0 Å². The lowest BCUT2D eigenvalue weighted by molar-refractivity contribution is -0.120. The second kappa shape index (κ2) is 9.13. The Morgan fingerprint density at radius 1 is 1.03 bits per heavy atom. The molecule has 0 fully saturated rings. The van der Waals surface area contributed by atoms with E-state index in [1.807, 2.05) is 0 Å². The third kappa shape index (κ3) is 5.38. The van der Waals surface area contributed by atoms with Crippen LogP contribution in [0.3, 0.4) is 0 Å². The van der Waals surface area contributed by atoms with Crippen LogP contribution in [0.25, 0.3) is 11.1 Å². The Kier molecular flexibility index (Phi) is 6.58. The number of halogens is 2. The Bertz CT molecular complexity index is 1120. The van der Waals surface area contributed by atoms with Crippen LogP contribution >= 0.6 is 11.6 Å². The molecule has 0 radical (unpaired) electrons. The molecule has 2 aromatic carbocycles. The summed E-state index contributed by atoms with van der Waals surface area (Å²) in [5, 5.41) is 2.89. The van der Waals surface area contributed by atoms with Gasteiger partial charge in [0.15, 0.2) is 0 Å². The summed E-state index contributed by atoms with van der Waals surface area (Å²) in [6, 6.07) is 13.3. The van der Waals surface area contributed by atoms with E-state index in [0.29, 0.717) is 0 Å². The highest BCUT2D eigenvalue weighted by Gasteiger charge is 2.21. The van der Waals surface area contributed by atoms with Gasteiger partial charge in [-0.15, -0.1) is 0 Å². The Labute approximate surface area is 172 Å². The fourth-order valence-electron chi connectivity index (χ4n) is 2.63. The number of hydrogen-bond acceptors (Lipinski definition) is 4. The van der Waals surface area contributed by atoms with Gasteiger partial charge in [0, 0.05) is 35.1 Å². The molecule has 0 aliphatic rings. The number of carbonyl (C=O) groups is 1. The van der Waals surface area contributed by atoms with Crippen molar-refractivity contribution in [3.05, 3.63) is 83.4 Å². The van der Waals surface area contributed by atoms with Crippen LogP contribution in [-0.2, 0) is 21.4 Å². The summed E-state index contributed by atoms with van der Waals surface area (Å²) in [4.78, 5) is 15.7. The number of benzene rings is 2. The smallest absolute Gasteiger partial charge is 0.241 e. The number of nitrogens with one attached hydrogen (secondary N) is 2. The van der Waals surface area contributed by atoms with Gasteiger partial charge in [-0.3, -0.25) is 9.78 Å². The normalized spacial score (nSPS) is 11.2. The maximum Gasteiger partial charge on any atom is 0.241 e. The summed E-state index contributed by atoms with van der Waals surface area (Å²) in [6.07, 6.45) is 3.19. The third-order valence-corrected chi connectivity index (χ3v) is 5.75. The average molecular weight is 434 g/mol. The molecule has 3 aromatic rings. The van der Waals surface area contributed by atoms with Gasteiger partial charge in [-0.05, 0) is 42.0 Å². The number of hydrogen-bond donors (Lipinski definition) is 2. The number of rotatable bonds is 7. The first-order valence-corrected chi connectivity index (χ1v) is 10.4. The van der Waals surface area contributed by atoms with Crippen LogP contribution in [0.5, 0.6) is 0 Å². The van der Waals surface area contributed by atoms with Gasteiger partial charge in [-0.1, -0.05) is 29.8 Å². The van der Waals surface area contributed by atoms with Crippen molar-refractivity contribution in [3.8, 4) is 11.1 Å². The Hall–Kier alpha value is -2.81. The third-order valence-electron chi connectivity index (χ3n) is 4.06. The number of carbonyl (C=O) groups excluding carboxylic acids is 1. The molecule has 29 heavy (non-hydrogen) atoms. The zero-order valence-corrected chi connectivity index (χ0v) is 16.7. The molecule has 9 heteroatoms. The van der Waals surface area contributed by atoms with Gasteiger partial charge in [-0.25, -0.2) is 17.5 Å². The average Bonchev–Trinajstić information content (AvgIpc) is 2.73. The molecule has 150 valence electrons. The standard InChI is InChI=1S/C20H17ClFN3O3S/c21-15-5-6-18(22)17(11-15)16-3-1-2-4-19(16)29(27,28)25-13-20(26)24-12-14-7-9-23-10-8-14/h1-11,25H,12-13H2,(H,24,26). The fourth-order valence-corrected chi connectivity index (χ4v) is 4.00. The van der Waals surface area contributed by atoms with Crippen LogP contribution in [-0.4, -0.2) is 25.9 Å². The lowest BCUT2D eigenvalue weighted by Gasteiger charge is -2.13. The van der Waals surface area contributed by atoms with Crippen LogP contribution < -0.4 is 10.0 Å². The summed E-state index contributed by atoms with van der Waals surface area (Å²) < 4.78 is 42.0. The molecule has 0 bridgehead atoms. The molecule has 1 aromatic heterocycles. The minimum Gasteiger partial charge on any atom is -0.351 e. The molecule has 0 aliphatic carbocycles. The highest BCUT2D eigenvalue weighted by molar-refractivity contribution is 7.89. The number of pyridine rings is 1. The number of sulfonamides is 1. The van der Waals surface area contributed by atoms with E-state index in [-0.39, 0.29) is 27.6 Å². The predicted octanol–water partition coefficient (Wildman–Crippen LogP) is 3.14. The molecule has 1 amide bonds. The second-order valence-electron chi connectivity index (χ2n) is 6.08. The molecule has 0 aliphatic heterocycles. The van der Waals surface area contributed by atoms with Crippen molar-refractivity contribution >= 4 is 27.5 Å². The summed E-state index contributed by atoms with van der Waals surface area (Å²) in [5.74, 6) is -1.11. The minimum atomic E-state index is -4.08. The summed E-state index contributed by atoms with van der Waals surface area (Å²) in [5.41, 5.74) is 1.04. The SMILES string of the molecule is O=C(CNS(=O)(=O)c1ccccc1-c1cc(Cl)ccc1F)NCc1ccncc1. The van der Waals surface area contributed by atoms with Gasteiger partial charge in [0.2, 0.25) is 15.9 Å². The van der Waals surface area contributed by atoms with Gasteiger partial charge in [-0.2, -0.15) is 0 Å². The Balaban J connectivity index is 1.75. The highest BCUT2D eigenvalue weighted by atomic mass is 35.5. The molecule has 0 atom stereocenters.